The molecule has 0 aromatic heterocycles. The van der Waals surface area contributed by atoms with E-state index in [0.717, 1.165) is 6.54 Å². The van der Waals surface area contributed by atoms with Crippen LogP contribution in [0.25, 0.3) is 0 Å². The minimum atomic E-state index is 0.338. The Morgan fingerprint density at radius 3 is 2.57 bits per heavy atom. The van der Waals surface area contributed by atoms with Crippen molar-refractivity contribution in [2.24, 2.45) is 0 Å². The molecule has 1 aromatic carbocycles. The number of benzene rings is 1. The number of fused-ring (bicyclic) bond motifs is 1. The molecule has 2 heteroatoms. The van der Waals surface area contributed by atoms with E-state index in [-0.39, 0.29) is 0 Å². The summed E-state index contributed by atoms with van der Waals surface area (Å²) in [4.78, 5) is 0. The number of nitrogens with one attached hydrogen (secondary N) is 2. The van der Waals surface area contributed by atoms with Crippen LogP contribution >= 0.6 is 0 Å². The van der Waals surface area contributed by atoms with Crippen LogP contribution in [0.5, 0.6) is 0 Å². The molecule has 0 bridgehead atoms. The van der Waals surface area contributed by atoms with E-state index in [1.807, 2.05) is 6.08 Å². The molecule has 0 aliphatic carbocycles. The molecular formula is C12H16N2. The van der Waals surface area contributed by atoms with Crippen LogP contribution in [0.2, 0.25) is 0 Å². The van der Waals surface area contributed by atoms with Crippen LogP contribution in [-0.4, -0.2) is 12.6 Å². The van der Waals surface area contributed by atoms with Gasteiger partial charge in [0.25, 0.3) is 0 Å². The number of rotatable bonds is 1. The lowest BCUT2D eigenvalue weighted by atomic mass is 10.0. The Balaban J connectivity index is 2.38. The van der Waals surface area contributed by atoms with Crippen LogP contribution < -0.4 is 10.6 Å². The second-order valence-electron chi connectivity index (χ2n) is 3.85. The van der Waals surface area contributed by atoms with Crippen LogP contribution in [0.3, 0.4) is 0 Å². The number of hydrogen-bond acceptors (Lipinski definition) is 2. The van der Waals surface area contributed by atoms with Crippen molar-refractivity contribution < 1.29 is 0 Å². The first kappa shape index (κ1) is 9.13. The quantitative estimate of drug-likeness (QED) is 0.662. The van der Waals surface area contributed by atoms with Crippen molar-refractivity contribution in [1.82, 2.24) is 0 Å². The molecule has 2 N–H and O–H groups in total. The molecule has 1 heterocycles. The average molecular weight is 188 g/mol. The Kier molecular flexibility index (Phi) is 2.20. The van der Waals surface area contributed by atoms with E-state index in [1.165, 1.54) is 22.5 Å². The fourth-order valence-corrected chi connectivity index (χ4v) is 1.69. The molecule has 0 fully saturated rings. The molecule has 1 aromatic rings. The molecule has 14 heavy (non-hydrogen) atoms. The standard InChI is InChI=1S/C12H16N2/c1-4-10-7-13-11-5-8(2)9(3)6-12(11)14-10/h4-6,10,13-14H,1,7H2,2-3H3. The Bertz CT molecular complexity index is 369. The van der Waals surface area contributed by atoms with Gasteiger partial charge in [0.15, 0.2) is 0 Å². The zero-order valence-electron chi connectivity index (χ0n) is 8.72. The zero-order chi connectivity index (χ0) is 10.1. The molecule has 0 radical (unpaired) electrons. The van der Waals surface area contributed by atoms with Gasteiger partial charge in [-0.25, -0.2) is 0 Å². The van der Waals surface area contributed by atoms with E-state index in [2.05, 4.69) is 43.2 Å². The second kappa shape index (κ2) is 3.37. The van der Waals surface area contributed by atoms with Gasteiger partial charge >= 0.3 is 0 Å². The van der Waals surface area contributed by atoms with Gasteiger partial charge in [-0.2, -0.15) is 0 Å². The maximum Gasteiger partial charge on any atom is 0.0615 e. The Hall–Kier alpha value is -1.44. The molecule has 1 atom stereocenters. The minimum absolute atomic E-state index is 0.338. The van der Waals surface area contributed by atoms with E-state index >= 15 is 0 Å². The summed E-state index contributed by atoms with van der Waals surface area (Å²) in [7, 11) is 0. The summed E-state index contributed by atoms with van der Waals surface area (Å²) < 4.78 is 0. The predicted octanol–water partition coefficient (Wildman–Crippen LogP) is 2.70. The van der Waals surface area contributed by atoms with E-state index in [4.69, 9.17) is 0 Å². The zero-order valence-corrected chi connectivity index (χ0v) is 8.72. The van der Waals surface area contributed by atoms with Crippen molar-refractivity contribution in [3.8, 4) is 0 Å². The predicted molar refractivity (Wildman–Crippen MR) is 62.0 cm³/mol. The smallest absolute Gasteiger partial charge is 0.0615 e. The summed E-state index contributed by atoms with van der Waals surface area (Å²) in [5.74, 6) is 0. The lowest BCUT2D eigenvalue weighted by molar-refractivity contribution is 0.893. The summed E-state index contributed by atoms with van der Waals surface area (Å²) in [5, 5.41) is 6.83. The number of anilines is 2. The first-order valence-electron chi connectivity index (χ1n) is 4.95. The summed E-state index contributed by atoms with van der Waals surface area (Å²) in [6, 6.07) is 4.72. The van der Waals surface area contributed by atoms with Gasteiger partial charge in [0, 0.05) is 6.54 Å². The molecule has 1 aliphatic rings. The van der Waals surface area contributed by atoms with Crippen molar-refractivity contribution in [2.75, 3.05) is 17.2 Å². The molecular weight excluding hydrogens is 172 g/mol. The van der Waals surface area contributed by atoms with Crippen LogP contribution in [0.1, 0.15) is 11.1 Å². The van der Waals surface area contributed by atoms with Gasteiger partial charge in [-0.3, -0.25) is 0 Å². The summed E-state index contributed by atoms with van der Waals surface area (Å²) >= 11 is 0. The molecule has 0 amide bonds. The summed E-state index contributed by atoms with van der Waals surface area (Å²) in [6.45, 7) is 8.98. The highest BCUT2D eigenvalue weighted by atomic mass is 15.1. The molecule has 1 unspecified atom stereocenters. The van der Waals surface area contributed by atoms with Crippen molar-refractivity contribution >= 4 is 11.4 Å². The highest BCUT2D eigenvalue weighted by Gasteiger charge is 2.14. The number of hydrogen-bond donors (Lipinski definition) is 2. The van der Waals surface area contributed by atoms with Crippen LogP contribution in [0, 0.1) is 13.8 Å². The SMILES string of the molecule is C=CC1CNc2cc(C)c(C)cc2N1. The highest BCUT2D eigenvalue weighted by molar-refractivity contribution is 5.73. The van der Waals surface area contributed by atoms with Gasteiger partial charge in [0.1, 0.15) is 0 Å². The Morgan fingerprint density at radius 2 is 1.93 bits per heavy atom. The van der Waals surface area contributed by atoms with Gasteiger partial charge in [-0.15, -0.1) is 6.58 Å². The number of aryl methyl sites for hydroxylation is 2. The second-order valence-corrected chi connectivity index (χ2v) is 3.85. The fraction of sp³-hybridized carbons (Fsp3) is 0.333. The van der Waals surface area contributed by atoms with Gasteiger partial charge in [0.2, 0.25) is 0 Å². The Labute approximate surface area is 85.0 Å². The van der Waals surface area contributed by atoms with Crippen molar-refractivity contribution in [3.63, 3.8) is 0 Å². The maximum absolute atomic E-state index is 3.79. The van der Waals surface area contributed by atoms with E-state index in [1.54, 1.807) is 0 Å². The highest BCUT2D eigenvalue weighted by Crippen LogP contribution is 2.29. The van der Waals surface area contributed by atoms with Crippen LogP contribution in [-0.2, 0) is 0 Å². The molecule has 74 valence electrons. The first-order chi connectivity index (χ1) is 6.70. The molecule has 2 nitrogen and oxygen atoms in total. The van der Waals surface area contributed by atoms with Crippen molar-refractivity contribution in [1.29, 1.82) is 0 Å². The molecule has 0 saturated carbocycles. The monoisotopic (exact) mass is 188 g/mol. The largest absolute Gasteiger partial charge is 0.381 e. The third kappa shape index (κ3) is 1.48. The lowest BCUT2D eigenvalue weighted by Gasteiger charge is -2.27. The van der Waals surface area contributed by atoms with Gasteiger partial charge < -0.3 is 10.6 Å². The van der Waals surface area contributed by atoms with Gasteiger partial charge in [-0.05, 0) is 37.1 Å². The summed E-state index contributed by atoms with van der Waals surface area (Å²) in [5.41, 5.74) is 5.04. The van der Waals surface area contributed by atoms with Gasteiger partial charge in [-0.1, -0.05) is 6.08 Å². The van der Waals surface area contributed by atoms with Gasteiger partial charge in [0.05, 0.1) is 17.4 Å². The molecule has 2 rings (SSSR count). The van der Waals surface area contributed by atoms with E-state index in [9.17, 15) is 0 Å². The maximum atomic E-state index is 3.79. The Morgan fingerprint density at radius 1 is 1.29 bits per heavy atom. The van der Waals surface area contributed by atoms with Crippen molar-refractivity contribution in [2.45, 2.75) is 19.9 Å². The minimum Gasteiger partial charge on any atom is -0.381 e. The lowest BCUT2D eigenvalue weighted by Crippen LogP contribution is -2.31. The van der Waals surface area contributed by atoms with Crippen molar-refractivity contribution in [3.05, 3.63) is 35.9 Å². The molecule has 0 saturated heterocycles. The summed E-state index contributed by atoms with van der Waals surface area (Å²) in [6.07, 6.45) is 1.94. The molecule has 1 aliphatic heterocycles. The topological polar surface area (TPSA) is 24.1 Å². The van der Waals surface area contributed by atoms with Crippen LogP contribution in [0.4, 0.5) is 11.4 Å². The van der Waals surface area contributed by atoms with E-state index < -0.39 is 0 Å². The third-order valence-electron chi connectivity index (χ3n) is 2.77. The normalized spacial score (nSPS) is 19.1. The fourth-order valence-electron chi connectivity index (χ4n) is 1.69. The average Bonchev–Trinajstić information content (AvgIpc) is 2.19. The van der Waals surface area contributed by atoms with E-state index in [0.29, 0.717) is 6.04 Å². The van der Waals surface area contributed by atoms with Crippen LogP contribution in [0.15, 0.2) is 24.8 Å². The molecule has 0 spiro atoms. The first-order valence-corrected chi connectivity index (χ1v) is 4.95. The third-order valence-corrected chi connectivity index (χ3v) is 2.77.